The maximum atomic E-state index is 13.1. The van der Waals surface area contributed by atoms with Crippen LogP contribution in [0.15, 0.2) is 58.8 Å². The lowest BCUT2D eigenvalue weighted by Crippen LogP contribution is -2.46. The molecular weight excluding hydrogens is 412 g/mol. The zero-order valence-electron chi connectivity index (χ0n) is 19.9. The molecule has 0 aliphatic carbocycles. The Morgan fingerprint density at radius 2 is 1.85 bits per heavy atom. The minimum absolute atomic E-state index is 0.0876. The Morgan fingerprint density at radius 3 is 2.55 bits per heavy atom. The molecule has 3 aromatic rings. The summed E-state index contributed by atoms with van der Waals surface area (Å²) in [5.74, 6) is 0.984. The first-order chi connectivity index (χ1) is 16.0. The fraction of sp³-hybridized carbons (Fsp3) is 0.370. The van der Waals surface area contributed by atoms with Crippen LogP contribution in [0.25, 0.3) is 17.0 Å². The van der Waals surface area contributed by atoms with Crippen molar-refractivity contribution in [1.29, 1.82) is 0 Å². The predicted molar refractivity (Wildman–Crippen MR) is 130 cm³/mol. The highest BCUT2D eigenvalue weighted by Gasteiger charge is 2.35. The summed E-state index contributed by atoms with van der Waals surface area (Å²) in [5, 5.41) is 7.45. The number of hydrogen-bond donors (Lipinski definition) is 1. The maximum absolute atomic E-state index is 13.1. The van der Waals surface area contributed by atoms with E-state index in [9.17, 15) is 4.79 Å². The Morgan fingerprint density at radius 1 is 1.06 bits per heavy atom. The zero-order valence-corrected chi connectivity index (χ0v) is 19.9. The summed E-state index contributed by atoms with van der Waals surface area (Å²) in [6.45, 7) is 8.97. The molecule has 0 saturated heterocycles. The number of amides is 2. The molecule has 2 aromatic carbocycles. The van der Waals surface area contributed by atoms with Crippen LogP contribution in [0.1, 0.15) is 68.7 Å². The normalized spacial score (nSPS) is 16.3. The number of aromatic nitrogens is 2. The summed E-state index contributed by atoms with van der Waals surface area (Å²) in [6.07, 6.45) is 4.09. The lowest BCUT2D eigenvalue weighted by atomic mass is 9.93. The second-order valence-electron chi connectivity index (χ2n) is 8.63. The first-order valence-corrected chi connectivity index (χ1v) is 11.8. The van der Waals surface area contributed by atoms with Crippen LogP contribution in [0.2, 0.25) is 0 Å². The second-order valence-corrected chi connectivity index (χ2v) is 8.63. The molecule has 0 bridgehead atoms. The van der Waals surface area contributed by atoms with Crippen molar-refractivity contribution in [3.63, 3.8) is 0 Å². The number of hydrogen-bond acceptors (Lipinski definition) is 4. The number of aryl methyl sites for hydroxylation is 2. The largest absolute Gasteiger partial charge is 0.334 e. The van der Waals surface area contributed by atoms with Crippen molar-refractivity contribution in [2.24, 2.45) is 0 Å². The van der Waals surface area contributed by atoms with Crippen LogP contribution in [0.4, 0.5) is 4.79 Å². The first-order valence-electron chi connectivity index (χ1n) is 11.8. The number of carbonyl (C=O) groups is 1. The number of rotatable bonds is 8. The molecule has 0 spiro atoms. The Balaban J connectivity index is 1.76. The van der Waals surface area contributed by atoms with Crippen LogP contribution in [0.5, 0.6) is 0 Å². The van der Waals surface area contributed by atoms with Gasteiger partial charge >= 0.3 is 6.03 Å². The van der Waals surface area contributed by atoms with Crippen molar-refractivity contribution in [2.75, 3.05) is 6.54 Å². The highest BCUT2D eigenvalue weighted by Crippen LogP contribution is 2.37. The third kappa shape index (κ3) is 4.85. The number of nitrogens with zero attached hydrogens (tertiary/aromatic N) is 3. The van der Waals surface area contributed by atoms with E-state index in [-0.39, 0.29) is 12.1 Å². The van der Waals surface area contributed by atoms with Gasteiger partial charge in [-0.15, -0.1) is 0 Å². The highest BCUT2D eigenvalue weighted by atomic mass is 16.5. The standard InChI is InChI=1S/C27H32N4O2/c1-5-7-8-16-31-19(4)23(24(28-27(31)32)21-14-12-20(6-2)13-15-21)26-29-25(30-33-26)22-11-9-10-18(3)17-22/h9-15,17,24H,5-8,16H2,1-4H3,(H,28,32). The van der Waals surface area contributed by atoms with E-state index in [2.05, 4.69) is 48.6 Å². The van der Waals surface area contributed by atoms with Crippen LogP contribution >= 0.6 is 0 Å². The van der Waals surface area contributed by atoms with Gasteiger partial charge < -0.3 is 9.84 Å². The van der Waals surface area contributed by atoms with Gasteiger partial charge in [0.05, 0.1) is 11.6 Å². The van der Waals surface area contributed by atoms with Crippen molar-refractivity contribution in [3.05, 3.63) is 76.8 Å². The Bertz CT molecular complexity index is 1150. The fourth-order valence-electron chi connectivity index (χ4n) is 4.28. The summed E-state index contributed by atoms with van der Waals surface area (Å²) in [7, 11) is 0. The van der Waals surface area contributed by atoms with Crippen LogP contribution in [0.3, 0.4) is 0 Å². The lowest BCUT2D eigenvalue weighted by molar-refractivity contribution is 0.204. The minimum atomic E-state index is -0.350. The van der Waals surface area contributed by atoms with E-state index in [1.165, 1.54) is 5.56 Å². The van der Waals surface area contributed by atoms with Gasteiger partial charge in [-0.2, -0.15) is 4.98 Å². The van der Waals surface area contributed by atoms with Crippen LogP contribution < -0.4 is 5.32 Å². The number of unbranched alkanes of at least 4 members (excludes halogenated alkanes) is 2. The van der Waals surface area contributed by atoms with Crippen molar-refractivity contribution < 1.29 is 9.32 Å². The Hall–Kier alpha value is -3.41. The summed E-state index contributed by atoms with van der Waals surface area (Å²) in [4.78, 5) is 19.6. The molecule has 6 nitrogen and oxygen atoms in total. The van der Waals surface area contributed by atoms with Crippen molar-refractivity contribution in [2.45, 2.75) is 59.4 Å². The molecule has 4 rings (SSSR count). The zero-order chi connectivity index (χ0) is 23.4. The number of nitrogens with one attached hydrogen (secondary N) is 1. The summed E-state index contributed by atoms with van der Waals surface area (Å²) < 4.78 is 5.78. The molecule has 6 heteroatoms. The van der Waals surface area contributed by atoms with Gasteiger partial charge in [-0.05, 0) is 43.9 Å². The van der Waals surface area contributed by atoms with Gasteiger partial charge in [0.2, 0.25) is 5.82 Å². The van der Waals surface area contributed by atoms with E-state index in [0.29, 0.717) is 18.3 Å². The molecule has 0 fully saturated rings. The first kappa shape index (κ1) is 22.8. The molecule has 2 amide bonds. The van der Waals surface area contributed by atoms with E-state index < -0.39 is 0 Å². The van der Waals surface area contributed by atoms with Crippen LogP contribution in [-0.4, -0.2) is 27.6 Å². The van der Waals surface area contributed by atoms with E-state index >= 15 is 0 Å². The predicted octanol–water partition coefficient (Wildman–Crippen LogP) is 6.30. The van der Waals surface area contributed by atoms with Gasteiger partial charge in [0, 0.05) is 17.8 Å². The number of allylic oxidation sites excluding steroid dienone is 1. The lowest BCUT2D eigenvalue weighted by Gasteiger charge is -2.35. The number of carbonyl (C=O) groups excluding carboxylic acids is 1. The van der Waals surface area contributed by atoms with Gasteiger partial charge in [0.15, 0.2) is 0 Å². The number of urea groups is 1. The number of benzene rings is 2. The molecule has 0 radical (unpaired) electrons. The molecule has 1 aliphatic heterocycles. The van der Waals surface area contributed by atoms with Crippen LogP contribution in [-0.2, 0) is 6.42 Å². The molecule has 172 valence electrons. The van der Waals surface area contributed by atoms with Gasteiger partial charge in [-0.3, -0.25) is 4.90 Å². The molecule has 2 heterocycles. The molecule has 1 unspecified atom stereocenters. The van der Waals surface area contributed by atoms with Gasteiger partial charge in [-0.25, -0.2) is 4.79 Å². The second kappa shape index (κ2) is 10.0. The Labute approximate surface area is 195 Å². The molecular formula is C27H32N4O2. The molecule has 1 aliphatic rings. The molecule has 33 heavy (non-hydrogen) atoms. The van der Waals surface area contributed by atoms with Gasteiger partial charge in [0.1, 0.15) is 0 Å². The van der Waals surface area contributed by atoms with Crippen molar-refractivity contribution in [3.8, 4) is 11.4 Å². The highest BCUT2D eigenvalue weighted by molar-refractivity contribution is 5.86. The third-order valence-electron chi connectivity index (χ3n) is 6.24. The average Bonchev–Trinajstić information content (AvgIpc) is 3.31. The third-order valence-corrected chi connectivity index (χ3v) is 6.24. The van der Waals surface area contributed by atoms with E-state index in [4.69, 9.17) is 9.51 Å². The van der Waals surface area contributed by atoms with E-state index in [0.717, 1.165) is 53.6 Å². The SMILES string of the molecule is CCCCCN1C(=O)NC(c2ccc(CC)cc2)C(c2nc(-c3cccc(C)c3)no2)=C1C. The Kier molecular flexibility index (Phi) is 6.92. The maximum Gasteiger partial charge on any atom is 0.322 e. The molecule has 1 N–H and O–H groups in total. The summed E-state index contributed by atoms with van der Waals surface area (Å²) in [6, 6.07) is 16.0. The quantitative estimate of drug-likeness (QED) is 0.414. The van der Waals surface area contributed by atoms with Gasteiger partial charge in [-0.1, -0.05) is 79.9 Å². The van der Waals surface area contributed by atoms with E-state index in [1.54, 1.807) is 4.90 Å². The minimum Gasteiger partial charge on any atom is -0.334 e. The van der Waals surface area contributed by atoms with Crippen molar-refractivity contribution in [1.82, 2.24) is 20.4 Å². The smallest absolute Gasteiger partial charge is 0.322 e. The fourth-order valence-corrected chi connectivity index (χ4v) is 4.28. The van der Waals surface area contributed by atoms with Gasteiger partial charge in [0.25, 0.3) is 5.89 Å². The van der Waals surface area contributed by atoms with E-state index in [1.807, 2.05) is 38.1 Å². The molecule has 1 aromatic heterocycles. The monoisotopic (exact) mass is 444 g/mol. The topological polar surface area (TPSA) is 71.3 Å². The van der Waals surface area contributed by atoms with Crippen LogP contribution in [0, 0.1) is 6.92 Å². The van der Waals surface area contributed by atoms with Crippen molar-refractivity contribution >= 4 is 11.6 Å². The summed E-state index contributed by atoms with van der Waals surface area (Å²) in [5.41, 5.74) is 6.00. The molecule has 1 atom stereocenters. The summed E-state index contributed by atoms with van der Waals surface area (Å²) >= 11 is 0. The average molecular weight is 445 g/mol. The molecule has 0 saturated carbocycles.